The number of halogens is 2. The monoisotopic (exact) mass is 391 g/mol. The summed E-state index contributed by atoms with van der Waals surface area (Å²) in [6.07, 6.45) is 3.78. The zero-order valence-corrected chi connectivity index (χ0v) is 14.1. The average molecular weight is 393 g/mol. The molecule has 3 nitrogen and oxygen atoms in total. The molecule has 106 valence electrons. The topological polar surface area (TPSA) is 41.5 Å². The molecule has 1 aliphatic rings. The zero-order valence-electron chi connectivity index (χ0n) is 11.0. The number of benzene rings is 1. The van der Waals surface area contributed by atoms with Gasteiger partial charge >= 0.3 is 0 Å². The lowest BCUT2D eigenvalue weighted by Gasteiger charge is -2.26. The Morgan fingerprint density at radius 2 is 1.95 bits per heavy atom. The Balaban J connectivity index is 1.99. The minimum atomic E-state index is -0.104. The van der Waals surface area contributed by atoms with Crippen molar-refractivity contribution in [2.75, 3.05) is 7.11 Å². The van der Waals surface area contributed by atoms with Crippen LogP contribution in [0.1, 0.15) is 31.2 Å². The summed E-state index contributed by atoms with van der Waals surface area (Å²) in [5.41, 5.74) is 1.13. The van der Waals surface area contributed by atoms with E-state index in [0.717, 1.165) is 52.5 Å². The van der Waals surface area contributed by atoms with Crippen molar-refractivity contribution >= 4 is 31.9 Å². The van der Waals surface area contributed by atoms with E-state index in [9.17, 15) is 5.11 Å². The van der Waals surface area contributed by atoms with E-state index in [1.807, 2.05) is 6.07 Å². The van der Waals surface area contributed by atoms with Gasteiger partial charge in [-0.2, -0.15) is 0 Å². The van der Waals surface area contributed by atoms with Crippen LogP contribution < -0.4 is 10.1 Å². The molecule has 0 aliphatic heterocycles. The predicted molar refractivity (Wildman–Crippen MR) is 83.5 cm³/mol. The van der Waals surface area contributed by atoms with Gasteiger partial charge in [0.15, 0.2) is 0 Å². The van der Waals surface area contributed by atoms with E-state index in [0.29, 0.717) is 6.04 Å². The van der Waals surface area contributed by atoms with Crippen LogP contribution in [0, 0.1) is 0 Å². The number of hydrogen-bond acceptors (Lipinski definition) is 3. The predicted octanol–water partition coefficient (Wildman–Crippen LogP) is 3.61. The lowest BCUT2D eigenvalue weighted by Crippen LogP contribution is -2.34. The van der Waals surface area contributed by atoms with Gasteiger partial charge in [0.05, 0.1) is 17.7 Å². The van der Waals surface area contributed by atoms with E-state index in [-0.39, 0.29) is 6.10 Å². The van der Waals surface area contributed by atoms with E-state index in [2.05, 4.69) is 43.2 Å². The third-order valence-electron chi connectivity index (χ3n) is 3.57. The molecule has 1 saturated carbocycles. The minimum Gasteiger partial charge on any atom is -0.495 e. The van der Waals surface area contributed by atoms with Gasteiger partial charge in [-0.15, -0.1) is 0 Å². The van der Waals surface area contributed by atoms with Crippen LogP contribution in [-0.2, 0) is 6.54 Å². The Kier molecular flexibility index (Phi) is 5.69. The second-order valence-corrected chi connectivity index (χ2v) is 6.74. The highest BCUT2D eigenvalue weighted by molar-refractivity contribution is 9.11. The normalized spacial score (nSPS) is 23.4. The summed E-state index contributed by atoms with van der Waals surface area (Å²) in [6, 6.07) is 4.55. The van der Waals surface area contributed by atoms with Crippen molar-refractivity contribution in [3.63, 3.8) is 0 Å². The van der Waals surface area contributed by atoms with Crippen LogP contribution in [0.25, 0.3) is 0 Å². The van der Waals surface area contributed by atoms with Gasteiger partial charge in [-0.25, -0.2) is 0 Å². The van der Waals surface area contributed by atoms with E-state index in [4.69, 9.17) is 4.74 Å². The molecule has 19 heavy (non-hydrogen) atoms. The van der Waals surface area contributed by atoms with Gasteiger partial charge in [0.25, 0.3) is 0 Å². The molecule has 1 aromatic carbocycles. The standard InChI is InChI=1S/C14H19Br2NO2/c1-19-14-9(6-10(15)7-13(14)16)8-17-11-2-4-12(18)5-3-11/h6-7,11-12,17-18H,2-5,8H2,1H3. The third kappa shape index (κ3) is 4.18. The van der Waals surface area contributed by atoms with Crippen molar-refractivity contribution in [2.45, 2.75) is 44.4 Å². The number of ether oxygens (including phenoxy) is 1. The molecule has 0 radical (unpaired) electrons. The molecule has 0 spiro atoms. The van der Waals surface area contributed by atoms with Crippen molar-refractivity contribution < 1.29 is 9.84 Å². The molecule has 1 aromatic rings. The van der Waals surface area contributed by atoms with Crippen molar-refractivity contribution in [1.29, 1.82) is 0 Å². The van der Waals surface area contributed by atoms with Gasteiger partial charge in [-0.1, -0.05) is 15.9 Å². The molecule has 0 saturated heterocycles. The van der Waals surface area contributed by atoms with Crippen molar-refractivity contribution in [2.24, 2.45) is 0 Å². The van der Waals surface area contributed by atoms with Gasteiger partial charge < -0.3 is 15.2 Å². The first-order chi connectivity index (χ1) is 9.10. The third-order valence-corrected chi connectivity index (χ3v) is 4.61. The Labute approximate surface area is 131 Å². The van der Waals surface area contributed by atoms with Crippen LogP contribution in [0.15, 0.2) is 21.1 Å². The second kappa shape index (κ2) is 7.07. The maximum absolute atomic E-state index is 9.51. The summed E-state index contributed by atoms with van der Waals surface area (Å²) in [5, 5.41) is 13.1. The molecule has 2 rings (SSSR count). The maximum Gasteiger partial charge on any atom is 0.137 e. The van der Waals surface area contributed by atoms with Crippen LogP contribution in [0.2, 0.25) is 0 Å². The van der Waals surface area contributed by atoms with Gasteiger partial charge in [0.2, 0.25) is 0 Å². The van der Waals surface area contributed by atoms with Crippen LogP contribution >= 0.6 is 31.9 Å². The second-order valence-electron chi connectivity index (χ2n) is 4.97. The number of methoxy groups -OCH3 is 1. The lowest BCUT2D eigenvalue weighted by molar-refractivity contribution is 0.116. The van der Waals surface area contributed by atoms with Crippen LogP contribution in [0.3, 0.4) is 0 Å². The first-order valence-corrected chi connectivity index (χ1v) is 8.12. The Morgan fingerprint density at radius 3 is 2.58 bits per heavy atom. The van der Waals surface area contributed by atoms with Crippen LogP contribution in [-0.4, -0.2) is 24.4 Å². The SMILES string of the molecule is COc1c(Br)cc(Br)cc1CNC1CCC(O)CC1. The molecule has 2 N–H and O–H groups in total. The highest BCUT2D eigenvalue weighted by Crippen LogP contribution is 2.33. The number of hydrogen-bond donors (Lipinski definition) is 2. The van der Waals surface area contributed by atoms with Gasteiger partial charge in [-0.05, 0) is 53.7 Å². The number of nitrogens with one attached hydrogen (secondary N) is 1. The molecule has 1 fully saturated rings. The van der Waals surface area contributed by atoms with Gasteiger partial charge in [-0.3, -0.25) is 0 Å². The molecule has 0 unspecified atom stereocenters. The fourth-order valence-corrected chi connectivity index (χ4v) is 3.98. The Bertz CT molecular complexity index is 432. The number of rotatable bonds is 4. The Morgan fingerprint density at radius 1 is 1.26 bits per heavy atom. The van der Waals surface area contributed by atoms with Gasteiger partial charge in [0.1, 0.15) is 5.75 Å². The molecule has 0 bridgehead atoms. The smallest absolute Gasteiger partial charge is 0.137 e. The van der Waals surface area contributed by atoms with Crippen molar-refractivity contribution in [3.8, 4) is 5.75 Å². The minimum absolute atomic E-state index is 0.104. The van der Waals surface area contributed by atoms with Gasteiger partial charge in [0, 0.05) is 22.6 Å². The summed E-state index contributed by atoms with van der Waals surface area (Å²) >= 11 is 7.02. The molecule has 0 heterocycles. The molecule has 0 amide bonds. The number of aliphatic hydroxyl groups excluding tert-OH is 1. The fourth-order valence-electron chi connectivity index (χ4n) is 2.51. The van der Waals surface area contributed by atoms with E-state index in [1.54, 1.807) is 7.11 Å². The highest BCUT2D eigenvalue weighted by atomic mass is 79.9. The molecular formula is C14H19Br2NO2. The lowest BCUT2D eigenvalue weighted by atomic mass is 9.93. The van der Waals surface area contributed by atoms with E-state index < -0.39 is 0 Å². The summed E-state index contributed by atoms with van der Waals surface area (Å²) < 4.78 is 7.44. The fraction of sp³-hybridized carbons (Fsp3) is 0.571. The van der Waals surface area contributed by atoms with Crippen molar-refractivity contribution in [1.82, 2.24) is 5.32 Å². The molecule has 0 atom stereocenters. The Hall–Kier alpha value is -0.100. The van der Waals surface area contributed by atoms with Crippen LogP contribution in [0.5, 0.6) is 5.75 Å². The van der Waals surface area contributed by atoms with Crippen LogP contribution in [0.4, 0.5) is 0 Å². The first kappa shape index (κ1) is 15.3. The number of aliphatic hydroxyl groups is 1. The summed E-state index contributed by atoms with van der Waals surface area (Å²) in [7, 11) is 1.69. The largest absolute Gasteiger partial charge is 0.495 e. The zero-order chi connectivity index (χ0) is 13.8. The first-order valence-electron chi connectivity index (χ1n) is 6.53. The summed E-state index contributed by atoms with van der Waals surface area (Å²) in [4.78, 5) is 0. The molecule has 5 heteroatoms. The average Bonchev–Trinajstić information content (AvgIpc) is 2.37. The quantitative estimate of drug-likeness (QED) is 0.822. The molecule has 1 aliphatic carbocycles. The maximum atomic E-state index is 9.51. The van der Waals surface area contributed by atoms with E-state index >= 15 is 0 Å². The molecule has 0 aromatic heterocycles. The molecular weight excluding hydrogens is 374 g/mol. The van der Waals surface area contributed by atoms with E-state index in [1.165, 1.54) is 0 Å². The van der Waals surface area contributed by atoms with Crippen molar-refractivity contribution in [3.05, 3.63) is 26.6 Å². The summed E-state index contributed by atoms with van der Waals surface area (Å²) in [6.45, 7) is 0.780. The highest BCUT2D eigenvalue weighted by Gasteiger charge is 2.19. The summed E-state index contributed by atoms with van der Waals surface area (Å²) in [5.74, 6) is 0.881.